The van der Waals surface area contributed by atoms with E-state index in [2.05, 4.69) is 5.32 Å². The molecule has 0 saturated carbocycles. The summed E-state index contributed by atoms with van der Waals surface area (Å²) >= 11 is 0. The average Bonchev–Trinajstić information content (AvgIpc) is 3.27. The average molecular weight is 485 g/mol. The summed E-state index contributed by atoms with van der Waals surface area (Å²) < 4.78 is 52.4. The van der Waals surface area contributed by atoms with E-state index in [-0.39, 0.29) is 34.1 Å². The van der Waals surface area contributed by atoms with Crippen LogP contribution < -0.4 is 9.62 Å². The van der Waals surface area contributed by atoms with E-state index in [1.807, 2.05) is 12.1 Å². The van der Waals surface area contributed by atoms with Gasteiger partial charge in [-0.25, -0.2) is 16.8 Å². The van der Waals surface area contributed by atoms with Crippen LogP contribution in [0.2, 0.25) is 0 Å². The molecule has 7 nitrogen and oxygen atoms in total. The van der Waals surface area contributed by atoms with Crippen molar-refractivity contribution in [3.05, 3.63) is 90.0 Å². The molecule has 172 valence electrons. The van der Waals surface area contributed by atoms with Crippen molar-refractivity contribution in [1.82, 2.24) is 5.32 Å². The van der Waals surface area contributed by atoms with E-state index in [1.54, 1.807) is 42.5 Å². The van der Waals surface area contributed by atoms with Gasteiger partial charge in [0.1, 0.15) is 0 Å². The van der Waals surface area contributed by atoms with E-state index >= 15 is 0 Å². The predicted molar refractivity (Wildman–Crippen MR) is 127 cm³/mol. The first kappa shape index (κ1) is 23.0. The van der Waals surface area contributed by atoms with Gasteiger partial charge in [-0.1, -0.05) is 42.5 Å². The zero-order valence-electron chi connectivity index (χ0n) is 17.8. The highest BCUT2D eigenvalue weighted by molar-refractivity contribution is 7.93. The number of sulfonamides is 1. The first-order chi connectivity index (χ1) is 15.8. The van der Waals surface area contributed by atoms with Gasteiger partial charge in [-0.15, -0.1) is 0 Å². The number of hydrogen-bond acceptors (Lipinski definition) is 5. The monoisotopic (exact) mass is 484 g/mol. The molecular weight excluding hydrogens is 460 g/mol. The number of carbonyl (C=O) groups excluding carboxylic acids is 1. The second-order valence-electron chi connectivity index (χ2n) is 7.73. The summed E-state index contributed by atoms with van der Waals surface area (Å²) in [6.45, 7) is 0.509. The van der Waals surface area contributed by atoms with Gasteiger partial charge in [0.25, 0.3) is 15.9 Å². The Morgan fingerprint density at radius 3 is 2.33 bits per heavy atom. The lowest BCUT2D eigenvalue weighted by Crippen LogP contribution is -2.30. The van der Waals surface area contributed by atoms with Crippen LogP contribution in [0.1, 0.15) is 22.3 Å². The van der Waals surface area contributed by atoms with Gasteiger partial charge >= 0.3 is 0 Å². The van der Waals surface area contributed by atoms with Crippen LogP contribution >= 0.6 is 0 Å². The fraction of sp³-hybridized carbons (Fsp3) is 0.208. The number of nitrogens with one attached hydrogen (secondary N) is 1. The standard InChI is InChI=1S/C24H24N2O5S2/c27-24(25-15-7-17-32(28,29)21-10-2-1-3-11-21)20-9-6-12-22(18-20)33(30,31)26-16-14-19-8-4-5-13-23(19)26/h1-6,8-13,18H,7,14-17H2,(H,25,27). The van der Waals surface area contributed by atoms with Gasteiger partial charge in [-0.05, 0) is 54.8 Å². The number of nitrogens with zero attached hydrogens (tertiary/aromatic N) is 1. The van der Waals surface area contributed by atoms with Gasteiger partial charge in [-0.2, -0.15) is 0 Å². The van der Waals surface area contributed by atoms with Crippen LogP contribution in [0.25, 0.3) is 0 Å². The maximum Gasteiger partial charge on any atom is 0.264 e. The lowest BCUT2D eigenvalue weighted by Gasteiger charge is -2.20. The fourth-order valence-electron chi connectivity index (χ4n) is 3.79. The van der Waals surface area contributed by atoms with E-state index in [0.29, 0.717) is 18.7 Å². The lowest BCUT2D eigenvalue weighted by molar-refractivity contribution is 0.0953. The van der Waals surface area contributed by atoms with E-state index < -0.39 is 25.8 Å². The molecule has 1 heterocycles. The number of fused-ring (bicyclic) bond motifs is 1. The SMILES string of the molecule is O=C(NCCCS(=O)(=O)c1ccccc1)c1cccc(S(=O)(=O)N2CCc3ccccc32)c1. The molecule has 1 aliphatic heterocycles. The molecule has 3 aromatic carbocycles. The zero-order valence-corrected chi connectivity index (χ0v) is 19.5. The van der Waals surface area contributed by atoms with Crippen molar-refractivity contribution < 1.29 is 21.6 Å². The van der Waals surface area contributed by atoms with Gasteiger partial charge in [-0.3, -0.25) is 9.10 Å². The topological polar surface area (TPSA) is 101 Å². The highest BCUT2D eigenvalue weighted by atomic mass is 32.2. The Labute approximate surface area is 194 Å². The zero-order chi connectivity index (χ0) is 23.5. The molecule has 1 N–H and O–H groups in total. The lowest BCUT2D eigenvalue weighted by atomic mass is 10.2. The van der Waals surface area contributed by atoms with E-state index in [1.165, 1.54) is 28.6 Å². The molecule has 0 atom stereocenters. The van der Waals surface area contributed by atoms with Crippen molar-refractivity contribution in [3.63, 3.8) is 0 Å². The summed E-state index contributed by atoms with van der Waals surface area (Å²) in [5, 5.41) is 2.68. The molecule has 0 unspecified atom stereocenters. The summed E-state index contributed by atoms with van der Waals surface area (Å²) in [6, 6.07) is 21.4. The molecule has 3 aromatic rings. The number of anilines is 1. The number of sulfone groups is 1. The van der Waals surface area contributed by atoms with E-state index in [4.69, 9.17) is 0 Å². The number of hydrogen-bond donors (Lipinski definition) is 1. The Balaban J connectivity index is 1.40. The Hall–Kier alpha value is -3.17. The molecular formula is C24H24N2O5S2. The van der Waals surface area contributed by atoms with Gasteiger partial charge in [0.05, 0.1) is 21.2 Å². The van der Waals surface area contributed by atoms with Gasteiger partial charge in [0.15, 0.2) is 9.84 Å². The number of amides is 1. The number of benzene rings is 3. The van der Waals surface area contributed by atoms with Gasteiger partial charge < -0.3 is 5.32 Å². The van der Waals surface area contributed by atoms with Crippen molar-refractivity contribution in [3.8, 4) is 0 Å². The number of carbonyl (C=O) groups is 1. The quantitative estimate of drug-likeness (QED) is 0.496. The molecule has 0 radical (unpaired) electrons. The molecule has 0 aromatic heterocycles. The first-order valence-corrected chi connectivity index (χ1v) is 13.6. The second kappa shape index (κ2) is 9.36. The maximum absolute atomic E-state index is 13.2. The van der Waals surface area contributed by atoms with Gasteiger partial charge in [0.2, 0.25) is 0 Å². The third-order valence-corrected chi connectivity index (χ3v) is 9.13. The minimum Gasteiger partial charge on any atom is -0.352 e. The number of para-hydroxylation sites is 1. The summed E-state index contributed by atoms with van der Waals surface area (Å²) in [6.07, 6.45) is 0.882. The maximum atomic E-state index is 13.2. The van der Waals surface area contributed by atoms with Crippen LogP contribution in [0.5, 0.6) is 0 Å². The van der Waals surface area contributed by atoms with Crippen LogP contribution in [0.15, 0.2) is 88.7 Å². The summed E-state index contributed by atoms with van der Waals surface area (Å²) in [4.78, 5) is 12.9. The molecule has 1 amide bonds. The highest BCUT2D eigenvalue weighted by Gasteiger charge is 2.30. The highest BCUT2D eigenvalue weighted by Crippen LogP contribution is 2.32. The predicted octanol–water partition coefficient (Wildman–Crippen LogP) is 3.03. The van der Waals surface area contributed by atoms with Crippen LogP contribution in [0.3, 0.4) is 0 Å². The van der Waals surface area contributed by atoms with Crippen molar-refractivity contribution in [1.29, 1.82) is 0 Å². The largest absolute Gasteiger partial charge is 0.352 e. The molecule has 0 fully saturated rings. The Morgan fingerprint density at radius 1 is 0.848 bits per heavy atom. The van der Waals surface area contributed by atoms with Crippen molar-refractivity contribution in [2.45, 2.75) is 22.6 Å². The van der Waals surface area contributed by atoms with Crippen LogP contribution in [0, 0.1) is 0 Å². The Morgan fingerprint density at radius 2 is 1.55 bits per heavy atom. The van der Waals surface area contributed by atoms with E-state index in [0.717, 1.165) is 5.56 Å². The molecule has 4 rings (SSSR count). The fourth-order valence-corrected chi connectivity index (χ4v) is 6.68. The third kappa shape index (κ3) is 4.94. The normalized spacial score (nSPS) is 13.5. The molecule has 1 aliphatic rings. The van der Waals surface area contributed by atoms with Crippen LogP contribution in [0.4, 0.5) is 5.69 Å². The van der Waals surface area contributed by atoms with Crippen LogP contribution in [-0.4, -0.2) is 41.6 Å². The Kier molecular flexibility index (Phi) is 6.53. The molecule has 0 aliphatic carbocycles. The van der Waals surface area contributed by atoms with Crippen molar-refractivity contribution in [2.24, 2.45) is 0 Å². The second-order valence-corrected chi connectivity index (χ2v) is 11.7. The molecule has 0 bridgehead atoms. The Bertz CT molecular complexity index is 1370. The number of rotatable bonds is 8. The molecule has 9 heteroatoms. The smallest absolute Gasteiger partial charge is 0.264 e. The molecule has 0 spiro atoms. The summed E-state index contributed by atoms with van der Waals surface area (Å²) in [5.41, 5.74) is 1.84. The first-order valence-electron chi connectivity index (χ1n) is 10.6. The van der Waals surface area contributed by atoms with Crippen LogP contribution in [-0.2, 0) is 26.3 Å². The minimum atomic E-state index is -3.81. The molecule has 33 heavy (non-hydrogen) atoms. The van der Waals surface area contributed by atoms with Crippen molar-refractivity contribution in [2.75, 3.05) is 23.1 Å². The molecule has 0 saturated heterocycles. The van der Waals surface area contributed by atoms with Gasteiger partial charge in [0, 0.05) is 18.7 Å². The van der Waals surface area contributed by atoms with Crippen molar-refractivity contribution >= 4 is 31.5 Å². The van der Waals surface area contributed by atoms with E-state index in [9.17, 15) is 21.6 Å². The summed E-state index contributed by atoms with van der Waals surface area (Å²) in [7, 11) is -7.23. The third-order valence-electron chi connectivity index (χ3n) is 5.51. The summed E-state index contributed by atoms with van der Waals surface area (Å²) in [5.74, 6) is -0.550. The minimum absolute atomic E-state index is 0.0403.